The Labute approximate surface area is 131 Å². The monoisotopic (exact) mass is 325 g/mol. The third-order valence-electron chi connectivity index (χ3n) is 2.43. The summed E-state index contributed by atoms with van der Waals surface area (Å²) in [6, 6.07) is 4.79. The number of nitrogens with zero attached hydrogens (tertiary/aromatic N) is 2. The third kappa shape index (κ3) is 5.09. The van der Waals surface area contributed by atoms with Crippen LogP contribution in [0.25, 0.3) is 0 Å². The molecule has 2 heterocycles. The van der Waals surface area contributed by atoms with Crippen molar-refractivity contribution in [3.63, 3.8) is 0 Å². The van der Waals surface area contributed by atoms with Crippen molar-refractivity contribution < 1.29 is 4.79 Å². The topological polar surface area (TPSA) is 78.9 Å². The van der Waals surface area contributed by atoms with Crippen molar-refractivity contribution in [3.05, 3.63) is 46.8 Å². The normalized spacial score (nSPS) is 10.0. The fourth-order valence-corrected chi connectivity index (χ4v) is 1.96. The summed E-state index contributed by atoms with van der Waals surface area (Å²) in [5, 5.41) is 9.26. The van der Waals surface area contributed by atoms with E-state index in [0.717, 1.165) is 0 Å². The number of pyridine rings is 2. The van der Waals surface area contributed by atoms with Gasteiger partial charge in [-0.25, -0.2) is 9.78 Å². The summed E-state index contributed by atoms with van der Waals surface area (Å²) >= 11 is 11.7. The molecule has 2 rings (SSSR count). The van der Waals surface area contributed by atoms with Gasteiger partial charge in [0, 0.05) is 25.5 Å². The van der Waals surface area contributed by atoms with Crippen LogP contribution in [-0.2, 0) is 0 Å². The van der Waals surface area contributed by atoms with E-state index in [1.54, 1.807) is 30.6 Å². The Balaban J connectivity index is 1.71. The van der Waals surface area contributed by atoms with Crippen LogP contribution in [0.5, 0.6) is 0 Å². The average molecular weight is 326 g/mol. The molecule has 8 heteroatoms. The van der Waals surface area contributed by atoms with E-state index in [2.05, 4.69) is 25.9 Å². The Bertz CT molecular complexity index is 609. The van der Waals surface area contributed by atoms with Gasteiger partial charge in [0.2, 0.25) is 0 Å². The van der Waals surface area contributed by atoms with Gasteiger partial charge in [-0.05, 0) is 18.2 Å². The molecule has 0 aliphatic rings. The second kappa shape index (κ2) is 7.66. The van der Waals surface area contributed by atoms with Gasteiger partial charge in [-0.3, -0.25) is 4.98 Å². The molecular formula is C13H13Cl2N5O. The van der Waals surface area contributed by atoms with Gasteiger partial charge in [0.25, 0.3) is 0 Å². The summed E-state index contributed by atoms with van der Waals surface area (Å²) in [5.74, 6) is 0.524. The molecular weight excluding hydrogens is 313 g/mol. The van der Waals surface area contributed by atoms with Gasteiger partial charge in [-0.2, -0.15) is 0 Å². The van der Waals surface area contributed by atoms with Gasteiger partial charge in [0.1, 0.15) is 5.82 Å². The predicted octanol–water partition coefficient (Wildman–Crippen LogP) is 3.02. The highest BCUT2D eigenvalue weighted by Crippen LogP contribution is 2.21. The quantitative estimate of drug-likeness (QED) is 0.738. The molecule has 0 unspecified atom stereocenters. The van der Waals surface area contributed by atoms with E-state index in [1.165, 1.54) is 6.20 Å². The van der Waals surface area contributed by atoms with E-state index in [0.29, 0.717) is 34.6 Å². The highest BCUT2D eigenvalue weighted by atomic mass is 35.5. The number of carbonyl (C=O) groups is 1. The average Bonchev–Trinajstić information content (AvgIpc) is 2.46. The van der Waals surface area contributed by atoms with Gasteiger partial charge in [0.05, 0.1) is 21.9 Å². The van der Waals surface area contributed by atoms with Gasteiger partial charge in [-0.1, -0.05) is 23.2 Å². The number of aromatic nitrogens is 2. The van der Waals surface area contributed by atoms with E-state index in [1.807, 2.05) is 0 Å². The number of nitrogens with one attached hydrogen (secondary N) is 3. The van der Waals surface area contributed by atoms with Crippen molar-refractivity contribution in [3.8, 4) is 0 Å². The predicted molar refractivity (Wildman–Crippen MR) is 84.0 cm³/mol. The first-order valence-electron chi connectivity index (χ1n) is 6.15. The molecule has 3 N–H and O–H groups in total. The molecule has 0 spiro atoms. The Morgan fingerprint density at radius 2 is 2.10 bits per heavy atom. The lowest BCUT2D eigenvalue weighted by molar-refractivity contribution is 0.252. The highest BCUT2D eigenvalue weighted by Gasteiger charge is 2.03. The van der Waals surface area contributed by atoms with E-state index in [4.69, 9.17) is 23.2 Å². The second-order valence-corrected chi connectivity index (χ2v) is 4.88. The van der Waals surface area contributed by atoms with Crippen LogP contribution in [0.1, 0.15) is 0 Å². The van der Waals surface area contributed by atoms with Crippen LogP contribution in [-0.4, -0.2) is 29.1 Å². The number of halogens is 2. The Morgan fingerprint density at radius 1 is 1.24 bits per heavy atom. The van der Waals surface area contributed by atoms with E-state index in [9.17, 15) is 4.79 Å². The number of rotatable bonds is 5. The first-order valence-corrected chi connectivity index (χ1v) is 6.90. The molecule has 0 aliphatic heterocycles. The van der Waals surface area contributed by atoms with Crippen LogP contribution in [0.3, 0.4) is 0 Å². The molecule has 2 amide bonds. The van der Waals surface area contributed by atoms with Crippen molar-refractivity contribution in [1.29, 1.82) is 0 Å². The zero-order valence-corrected chi connectivity index (χ0v) is 12.4. The molecule has 0 aromatic carbocycles. The summed E-state index contributed by atoms with van der Waals surface area (Å²) in [6.07, 6.45) is 4.70. The van der Waals surface area contributed by atoms with Crippen LogP contribution in [0.4, 0.5) is 16.3 Å². The largest absolute Gasteiger partial charge is 0.367 e. The molecule has 21 heavy (non-hydrogen) atoms. The molecule has 0 fully saturated rings. The van der Waals surface area contributed by atoms with Gasteiger partial charge >= 0.3 is 6.03 Å². The fraction of sp³-hybridized carbons (Fsp3) is 0.154. The van der Waals surface area contributed by atoms with E-state index >= 15 is 0 Å². The number of hydrogen-bond acceptors (Lipinski definition) is 4. The molecule has 0 bridgehead atoms. The van der Waals surface area contributed by atoms with Crippen LogP contribution >= 0.6 is 23.2 Å². The Morgan fingerprint density at radius 3 is 2.81 bits per heavy atom. The summed E-state index contributed by atoms with van der Waals surface area (Å²) in [5.41, 5.74) is 0.630. The maximum absolute atomic E-state index is 11.6. The molecule has 0 atom stereocenters. The summed E-state index contributed by atoms with van der Waals surface area (Å²) in [4.78, 5) is 19.6. The first-order chi connectivity index (χ1) is 10.1. The lowest BCUT2D eigenvalue weighted by Crippen LogP contribution is -2.32. The van der Waals surface area contributed by atoms with Crippen molar-refractivity contribution in [2.45, 2.75) is 0 Å². The zero-order chi connectivity index (χ0) is 15.1. The lowest BCUT2D eigenvalue weighted by Gasteiger charge is -2.09. The third-order valence-corrected chi connectivity index (χ3v) is 2.93. The molecule has 6 nitrogen and oxygen atoms in total. The van der Waals surface area contributed by atoms with Crippen LogP contribution in [0.15, 0.2) is 36.8 Å². The number of hydrogen-bond donors (Lipinski definition) is 3. The van der Waals surface area contributed by atoms with Crippen molar-refractivity contribution in [2.24, 2.45) is 0 Å². The standard InChI is InChI=1S/C13H13Cl2N5O/c14-9-6-11(15)12(19-7-9)17-4-5-18-13(21)20-10-2-1-3-16-8-10/h1-3,6-8H,4-5H2,(H,17,19)(H2,18,20,21). The molecule has 0 saturated heterocycles. The summed E-state index contributed by atoms with van der Waals surface area (Å²) in [6.45, 7) is 0.890. The second-order valence-electron chi connectivity index (χ2n) is 4.03. The minimum Gasteiger partial charge on any atom is -0.367 e. The Hall–Kier alpha value is -2.05. The summed E-state index contributed by atoms with van der Waals surface area (Å²) in [7, 11) is 0. The molecule has 110 valence electrons. The van der Waals surface area contributed by atoms with Crippen molar-refractivity contribution in [2.75, 3.05) is 23.7 Å². The van der Waals surface area contributed by atoms with Gasteiger partial charge in [0.15, 0.2) is 0 Å². The van der Waals surface area contributed by atoms with Crippen molar-refractivity contribution >= 4 is 40.7 Å². The molecule has 0 saturated carbocycles. The maximum atomic E-state index is 11.6. The van der Waals surface area contributed by atoms with Crippen LogP contribution < -0.4 is 16.0 Å². The van der Waals surface area contributed by atoms with Gasteiger partial charge in [-0.15, -0.1) is 0 Å². The van der Waals surface area contributed by atoms with E-state index < -0.39 is 0 Å². The number of amides is 2. The minimum atomic E-state index is -0.306. The molecule has 0 aliphatic carbocycles. The highest BCUT2D eigenvalue weighted by molar-refractivity contribution is 6.35. The van der Waals surface area contributed by atoms with E-state index in [-0.39, 0.29) is 6.03 Å². The smallest absolute Gasteiger partial charge is 0.319 e. The van der Waals surface area contributed by atoms with Crippen molar-refractivity contribution in [1.82, 2.24) is 15.3 Å². The number of anilines is 2. The number of urea groups is 1. The zero-order valence-electron chi connectivity index (χ0n) is 10.9. The SMILES string of the molecule is O=C(NCCNc1ncc(Cl)cc1Cl)Nc1cccnc1. The fourth-order valence-electron chi connectivity index (χ4n) is 1.51. The molecule has 2 aromatic heterocycles. The number of carbonyl (C=O) groups excluding carboxylic acids is 1. The van der Waals surface area contributed by atoms with Crippen LogP contribution in [0, 0.1) is 0 Å². The minimum absolute atomic E-state index is 0.306. The lowest BCUT2D eigenvalue weighted by atomic mass is 10.4. The maximum Gasteiger partial charge on any atom is 0.319 e. The molecule has 2 aromatic rings. The summed E-state index contributed by atoms with van der Waals surface area (Å²) < 4.78 is 0. The Kier molecular flexibility index (Phi) is 5.59. The molecule has 0 radical (unpaired) electrons. The first kappa shape index (κ1) is 15.3. The van der Waals surface area contributed by atoms with Gasteiger partial charge < -0.3 is 16.0 Å². The van der Waals surface area contributed by atoms with Crippen LogP contribution in [0.2, 0.25) is 10.0 Å².